The number of pyridine rings is 1. The second-order valence-electron chi connectivity index (χ2n) is 11.1. The molecule has 0 aliphatic rings. The average molecular weight is 674 g/mol. The summed E-state index contributed by atoms with van der Waals surface area (Å²) in [6.07, 6.45) is 1.29. The number of carbonyl (C=O) groups is 1. The Kier molecular flexibility index (Phi) is 11.2. The van der Waals surface area contributed by atoms with Crippen LogP contribution in [0.5, 0.6) is 11.5 Å². The minimum Gasteiger partial charge on any atom is -0.457 e. The molecule has 0 aliphatic carbocycles. The van der Waals surface area contributed by atoms with Gasteiger partial charge in [-0.2, -0.15) is 0 Å². The number of halogens is 1. The van der Waals surface area contributed by atoms with Crippen LogP contribution in [0.4, 0.5) is 0 Å². The highest BCUT2D eigenvalue weighted by Gasteiger charge is 2.23. The summed E-state index contributed by atoms with van der Waals surface area (Å²) in [5.74, 6) is 0.171. The van der Waals surface area contributed by atoms with E-state index in [1.165, 1.54) is 19.1 Å². The molecule has 3 N–H and O–H groups in total. The molecule has 0 saturated heterocycles. The summed E-state index contributed by atoms with van der Waals surface area (Å²) in [6.45, 7) is 2.18. The Morgan fingerprint density at radius 1 is 0.957 bits per heavy atom. The van der Waals surface area contributed by atoms with Crippen LogP contribution in [0.15, 0.2) is 109 Å². The van der Waals surface area contributed by atoms with Crippen molar-refractivity contribution in [3.05, 3.63) is 137 Å². The number of carbonyl (C=O) groups excluding carboxylic acids is 1. The third-order valence-electron chi connectivity index (χ3n) is 7.81. The van der Waals surface area contributed by atoms with Gasteiger partial charge in [0.05, 0.1) is 24.0 Å². The lowest BCUT2D eigenvalue weighted by Gasteiger charge is -2.32. The van der Waals surface area contributed by atoms with Crippen molar-refractivity contribution < 1.29 is 28.2 Å². The lowest BCUT2D eigenvalue weighted by molar-refractivity contribution is 0.0566. The maximum absolute atomic E-state index is 12.4. The van der Waals surface area contributed by atoms with Crippen molar-refractivity contribution in [2.45, 2.75) is 32.0 Å². The predicted octanol–water partition coefficient (Wildman–Crippen LogP) is 5.90. The first kappa shape index (κ1) is 34.0. The van der Waals surface area contributed by atoms with Gasteiger partial charge >= 0.3 is 0 Å². The maximum atomic E-state index is 12.4. The molecule has 0 unspecified atom stereocenters. The zero-order valence-electron chi connectivity index (χ0n) is 25.8. The molecule has 0 radical (unpaired) electrons. The van der Waals surface area contributed by atoms with Gasteiger partial charge in [-0.3, -0.25) is 14.7 Å². The maximum Gasteiger partial charge on any atom is 0.264 e. The molecule has 0 saturated carbocycles. The van der Waals surface area contributed by atoms with Crippen LogP contribution in [0.1, 0.15) is 40.1 Å². The molecule has 0 fully saturated rings. The van der Waals surface area contributed by atoms with E-state index >= 15 is 0 Å². The van der Waals surface area contributed by atoms with Crippen molar-refractivity contribution >= 4 is 38.4 Å². The van der Waals surface area contributed by atoms with E-state index in [4.69, 9.17) is 16.3 Å². The largest absolute Gasteiger partial charge is 0.457 e. The van der Waals surface area contributed by atoms with E-state index in [-0.39, 0.29) is 24.0 Å². The predicted molar refractivity (Wildman–Crippen MR) is 183 cm³/mol. The molecular weight excluding hydrogens is 638 g/mol. The van der Waals surface area contributed by atoms with Gasteiger partial charge in [0, 0.05) is 41.3 Å². The third-order valence-corrected chi connectivity index (χ3v) is 9.30. The minimum absolute atomic E-state index is 0.110. The fourth-order valence-corrected chi connectivity index (χ4v) is 5.97. The van der Waals surface area contributed by atoms with Gasteiger partial charge in [-0.25, -0.2) is 13.1 Å². The number of aliphatic hydroxyl groups excluding tert-OH is 2. The zero-order chi connectivity index (χ0) is 33.4. The average Bonchev–Trinajstić information content (AvgIpc) is 3.08. The van der Waals surface area contributed by atoms with Crippen LogP contribution in [-0.2, 0) is 23.0 Å². The lowest BCUT2D eigenvalue weighted by Crippen LogP contribution is -2.41. The van der Waals surface area contributed by atoms with Crippen LogP contribution in [0.3, 0.4) is 0 Å². The molecule has 5 rings (SSSR count). The van der Waals surface area contributed by atoms with Crippen molar-refractivity contribution in [1.82, 2.24) is 14.6 Å². The van der Waals surface area contributed by atoms with E-state index < -0.39 is 22.0 Å². The van der Waals surface area contributed by atoms with Gasteiger partial charge in [-0.15, -0.1) is 0 Å². The summed E-state index contributed by atoms with van der Waals surface area (Å²) >= 11 is 6.18. The summed E-state index contributed by atoms with van der Waals surface area (Å²) in [4.78, 5) is 18.9. The molecule has 2 atom stereocenters. The number of hydrogen-bond donors (Lipinski definition) is 3. The normalized spacial score (nSPS) is 13.0. The molecule has 4 aromatic carbocycles. The number of sulfonamides is 1. The van der Waals surface area contributed by atoms with Crippen LogP contribution in [0.25, 0.3) is 10.9 Å². The fourth-order valence-electron chi connectivity index (χ4n) is 5.23. The molecule has 1 amide bonds. The SMILES string of the molecule is CCS(=O)(=O)NC(=O)c1ccc2c(Oc3ccc(C[C@@H](CO)N(Cc4ccccc4)C[C@H](O)c4cccc(Cl)c4)cc3)ccnc2c1. The number of aromatic nitrogens is 1. The van der Waals surface area contributed by atoms with E-state index in [2.05, 4.69) is 9.88 Å². The number of nitrogens with zero attached hydrogens (tertiary/aromatic N) is 2. The Morgan fingerprint density at radius 2 is 1.72 bits per heavy atom. The number of benzene rings is 4. The zero-order valence-corrected chi connectivity index (χ0v) is 27.4. The van der Waals surface area contributed by atoms with Crippen molar-refractivity contribution in [2.24, 2.45) is 0 Å². The first-order chi connectivity index (χ1) is 22.6. The number of nitrogens with one attached hydrogen (secondary N) is 1. The van der Waals surface area contributed by atoms with Crippen LogP contribution >= 0.6 is 11.6 Å². The second kappa shape index (κ2) is 15.5. The van der Waals surface area contributed by atoms with Crippen LogP contribution < -0.4 is 9.46 Å². The van der Waals surface area contributed by atoms with Crippen LogP contribution in [-0.4, -0.2) is 59.4 Å². The fraction of sp³-hybridized carbons (Fsp3) is 0.222. The molecule has 1 aromatic heterocycles. The molecule has 0 bridgehead atoms. The molecular formula is C36H36ClN3O6S. The summed E-state index contributed by atoms with van der Waals surface area (Å²) in [6, 6.07) is 30.8. The Morgan fingerprint density at radius 3 is 2.43 bits per heavy atom. The molecule has 0 spiro atoms. The van der Waals surface area contributed by atoms with Gasteiger partial charge in [-0.1, -0.05) is 66.2 Å². The number of fused-ring (bicyclic) bond motifs is 1. The Labute approximate surface area is 279 Å². The van der Waals surface area contributed by atoms with Crippen molar-refractivity contribution in [3.63, 3.8) is 0 Å². The Hall–Kier alpha value is -4.32. The highest BCUT2D eigenvalue weighted by Crippen LogP contribution is 2.30. The Balaban J connectivity index is 1.30. The lowest BCUT2D eigenvalue weighted by atomic mass is 10.0. The van der Waals surface area contributed by atoms with E-state index in [0.29, 0.717) is 52.5 Å². The van der Waals surface area contributed by atoms with E-state index in [1.807, 2.05) is 71.5 Å². The molecule has 0 aliphatic heterocycles. The highest BCUT2D eigenvalue weighted by atomic mass is 35.5. The number of amides is 1. The van der Waals surface area contributed by atoms with Crippen molar-refractivity contribution in [1.29, 1.82) is 0 Å². The van der Waals surface area contributed by atoms with Crippen molar-refractivity contribution in [3.8, 4) is 11.5 Å². The molecule has 244 valence electrons. The first-order valence-electron chi connectivity index (χ1n) is 15.2. The summed E-state index contributed by atoms with van der Waals surface area (Å²) in [5.41, 5.74) is 3.40. The number of rotatable bonds is 14. The standard InChI is InChI=1S/C36H36ClN3O6S/c1-2-47(44,45)39-36(43)28-13-16-32-33(21-28)38-18-17-35(32)46-31-14-11-25(12-15-31)19-30(24-41)40(22-26-7-4-3-5-8-26)23-34(42)27-9-6-10-29(37)20-27/h3-18,20-21,30,34,41-42H,2,19,22-24H2,1H3,(H,39,43)/t30-,34-/m0/s1. The highest BCUT2D eigenvalue weighted by molar-refractivity contribution is 7.90. The first-order valence-corrected chi connectivity index (χ1v) is 17.2. The molecule has 47 heavy (non-hydrogen) atoms. The number of ether oxygens (including phenoxy) is 1. The molecule has 1 heterocycles. The third kappa shape index (κ3) is 9.15. The monoisotopic (exact) mass is 673 g/mol. The summed E-state index contributed by atoms with van der Waals surface area (Å²) in [7, 11) is -3.70. The van der Waals surface area contributed by atoms with E-state index in [1.54, 1.807) is 30.5 Å². The van der Waals surface area contributed by atoms with Gasteiger partial charge in [-0.05, 0) is 78.6 Å². The van der Waals surface area contributed by atoms with Gasteiger partial charge in [0.25, 0.3) is 5.91 Å². The number of aliphatic hydroxyl groups is 2. The van der Waals surface area contributed by atoms with Crippen LogP contribution in [0.2, 0.25) is 5.02 Å². The second-order valence-corrected chi connectivity index (χ2v) is 13.6. The number of hydrogen-bond acceptors (Lipinski definition) is 8. The summed E-state index contributed by atoms with van der Waals surface area (Å²) in [5, 5.41) is 22.8. The topological polar surface area (TPSA) is 129 Å². The molecule has 9 nitrogen and oxygen atoms in total. The van der Waals surface area contributed by atoms with Gasteiger partial charge in [0.2, 0.25) is 10.0 Å². The van der Waals surface area contributed by atoms with Crippen molar-refractivity contribution in [2.75, 3.05) is 18.9 Å². The van der Waals surface area contributed by atoms with E-state index in [9.17, 15) is 23.4 Å². The van der Waals surface area contributed by atoms with Gasteiger partial charge in [0.1, 0.15) is 11.5 Å². The minimum atomic E-state index is -3.70. The quantitative estimate of drug-likeness (QED) is 0.133. The van der Waals surface area contributed by atoms with Crippen LogP contribution in [0, 0.1) is 0 Å². The molecule has 11 heteroatoms. The summed E-state index contributed by atoms with van der Waals surface area (Å²) < 4.78 is 31.9. The van der Waals surface area contributed by atoms with Gasteiger partial charge < -0.3 is 14.9 Å². The Bertz CT molecular complexity index is 1920. The van der Waals surface area contributed by atoms with E-state index in [0.717, 1.165) is 11.1 Å². The van der Waals surface area contributed by atoms with Gasteiger partial charge in [0.15, 0.2) is 0 Å². The molecule has 5 aromatic rings. The smallest absolute Gasteiger partial charge is 0.264 e.